The van der Waals surface area contributed by atoms with Crippen LogP contribution in [-0.4, -0.2) is 42.5 Å². The van der Waals surface area contributed by atoms with Gasteiger partial charge >= 0.3 is 6.03 Å². The Morgan fingerprint density at radius 2 is 2.12 bits per heavy atom. The van der Waals surface area contributed by atoms with Crippen LogP contribution in [0.4, 0.5) is 4.79 Å². The van der Waals surface area contributed by atoms with Crippen LogP contribution in [0.25, 0.3) is 0 Å². The third kappa shape index (κ3) is 4.18. The van der Waals surface area contributed by atoms with E-state index in [1.165, 1.54) is 6.42 Å². The Morgan fingerprint density at radius 1 is 1.38 bits per heavy atom. The molecule has 0 aliphatic carbocycles. The molecule has 0 aromatic rings. The monoisotopic (exact) mass is 227 g/mol. The van der Waals surface area contributed by atoms with Gasteiger partial charge in [-0.05, 0) is 33.2 Å². The summed E-state index contributed by atoms with van der Waals surface area (Å²) < 4.78 is 0. The van der Waals surface area contributed by atoms with E-state index in [1.54, 1.807) is 0 Å². The first-order valence-corrected chi connectivity index (χ1v) is 5.95. The molecule has 0 radical (unpaired) electrons. The Hall–Kier alpha value is -1.10. The molecule has 0 aromatic heterocycles. The summed E-state index contributed by atoms with van der Waals surface area (Å²) in [6, 6.07) is 0.0332. The van der Waals surface area contributed by atoms with Gasteiger partial charge in [0.1, 0.15) is 0 Å². The van der Waals surface area contributed by atoms with E-state index >= 15 is 0 Å². The number of likely N-dealkylation sites (tertiary alicyclic amines) is 1. The van der Waals surface area contributed by atoms with Crippen molar-refractivity contribution in [3.05, 3.63) is 0 Å². The molecule has 1 aliphatic rings. The molecular formula is C11H21N3O2. The second kappa shape index (κ2) is 6.48. The van der Waals surface area contributed by atoms with Crippen LogP contribution in [0, 0.1) is 0 Å². The minimum absolute atomic E-state index is 0.222. The Balaban J connectivity index is 2.30. The normalized spacial score (nSPS) is 21.5. The van der Waals surface area contributed by atoms with E-state index < -0.39 is 6.03 Å². The first-order valence-electron chi connectivity index (χ1n) is 5.95. The van der Waals surface area contributed by atoms with Crippen molar-refractivity contribution in [3.8, 4) is 0 Å². The average molecular weight is 227 g/mol. The van der Waals surface area contributed by atoms with E-state index in [1.807, 2.05) is 6.92 Å². The van der Waals surface area contributed by atoms with Gasteiger partial charge in [0, 0.05) is 12.6 Å². The first kappa shape index (κ1) is 13.0. The van der Waals surface area contributed by atoms with Gasteiger partial charge in [-0.3, -0.25) is 15.0 Å². The van der Waals surface area contributed by atoms with Crippen molar-refractivity contribution < 1.29 is 9.59 Å². The highest BCUT2D eigenvalue weighted by Crippen LogP contribution is 2.15. The standard InChI is InChI=1S/C11H21N3O2/c1-3-12-11(16)13-10(15)8-14-7-5-4-6-9(14)2/h9H,3-8H2,1-2H3,(H2,12,13,15,16)/t9-/m0/s1. The molecular weight excluding hydrogens is 206 g/mol. The van der Waals surface area contributed by atoms with Gasteiger partial charge in [-0.2, -0.15) is 0 Å². The minimum atomic E-state index is -0.405. The van der Waals surface area contributed by atoms with Gasteiger partial charge in [0.15, 0.2) is 0 Å². The van der Waals surface area contributed by atoms with Crippen LogP contribution >= 0.6 is 0 Å². The number of nitrogens with one attached hydrogen (secondary N) is 2. The zero-order valence-corrected chi connectivity index (χ0v) is 10.1. The number of imide groups is 1. The second-order valence-electron chi connectivity index (χ2n) is 4.22. The summed E-state index contributed by atoms with van der Waals surface area (Å²) in [5, 5.41) is 4.85. The summed E-state index contributed by atoms with van der Waals surface area (Å²) in [6.07, 6.45) is 3.50. The minimum Gasteiger partial charge on any atom is -0.338 e. The fraction of sp³-hybridized carbons (Fsp3) is 0.818. The van der Waals surface area contributed by atoms with Gasteiger partial charge in [-0.15, -0.1) is 0 Å². The molecule has 5 heteroatoms. The smallest absolute Gasteiger partial charge is 0.321 e. The molecule has 16 heavy (non-hydrogen) atoms. The van der Waals surface area contributed by atoms with Gasteiger partial charge in [-0.1, -0.05) is 6.42 Å². The van der Waals surface area contributed by atoms with Crippen molar-refractivity contribution in [3.63, 3.8) is 0 Å². The molecule has 0 spiro atoms. The fourth-order valence-electron chi connectivity index (χ4n) is 1.95. The first-order chi connectivity index (χ1) is 7.63. The molecule has 1 aliphatic heterocycles. The lowest BCUT2D eigenvalue weighted by atomic mass is 10.0. The molecule has 0 bridgehead atoms. The second-order valence-corrected chi connectivity index (χ2v) is 4.22. The predicted molar refractivity (Wildman–Crippen MR) is 62.1 cm³/mol. The number of carbonyl (C=O) groups is 2. The van der Waals surface area contributed by atoms with Crippen molar-refractivity contribution in [2.75, 3.05) is 19.6 Å². The van der Waals surface area contributed by atoms with Gasteiger partial charge in [0.25, 0.3) is 0 Å². The molecule has 3 amide bonds. The summed E-state index contributed by atoms with van der Waals surface area (Å²) in [5.41, 5.74) is 0. The van der Waals surface area contributed by atoms with Gasteiger partial charge in [0.05, 0.1) is 6.54 Å². The van der Waals surface area contributed by atoms with Gasteiger partial charge in [0.2, 0.25) is 5.91 Å². The van der Waals surface area contributed by atoms with Crippen LogP contribution in [0.15, 0.2) is 0 Å². The lowest BCUT2D eigenvalue weighted by Gasteiger charge is -2.32. The van der Waals surface area contributed by atoms with Crippen molar-refractivity contribution in [1.82, 2.24) is 15.5 Å². The number of carbonyl (C=O) groups excluding carboxylic acids is 2. The Labute approximate surface area is 96.6 Å². The molecule has 0 unspecified atom stereocenters. The summed E-state index contributed by atoms with van der Waals surface area (Å²) in [7, 11) is 0. The molecule has 0 saturated carbocycles. The van der Waals surface area contributed by atoms with Crippen LogP contribution in [0.2, 0.25) is 0 Å². The molecule has 1 rings (SSSR count). The Bertz CT molecular complexity index is 256. The third-order valence-electron chi connectivity index (χ3n) is 2.88. The highest BCUT2D eigenvalue weighted by atomic mass is 16.2. The number of nitrogens with zero attached hydrogens (tertiary/aromatic N) is 1. The average Bonchev–Trinajstić information content (AvgIpc) is 2.21. The van der Waals surface area contributed by atoms with Crippen molar-refractivity contribution in [1.29, 1.82) is 0 Å². The van der Waals surface area contributed by atoms with Crippen LogP contribution in [-0.2, 0) is 4.79 Å². The number of piperidine rings is 1. The molecule has 1 saturated heterocycles. The van der Waals surface area contributed by atoms with E-state index in [4.69, 9.17) is 0 Å². The molecule has 92 valence electrons. The summed E-state index contributed by atoms with van der Waals surface area (Å²) in [5.74, 6) is -0.222. The predicted octanol–water partition coefficient (Wildman–Crippen LogP) is 0.706. The van der Waals surface area contributed by atoms with Crippen LogP contribution in [0.3, 0.4) is 0 Å². The molecule has 0 aromatic carbocycles. The van der Waals surface area contributed by atoms with Gasteiger partial charge < -0.3 is 5.32 Å². The van der Waals surface area contributed by atoms with E-state index in [0.717, 1.165) is 19.4 Å². The molecule has 1 atom stereocenters. The van der Waals surface area contributed by atoms with E-state index in [-0.39, 0.29) is 5.91 Å². The zero-order valence-electron chi connectivity index (χ0n) is 10.1. The number of amides is 3. The summed E-state index contributed by atoms with van der Waals surface area (Å²) >= 11 is 0. The Morgan fingerprint density at radius 3 is 2.75 bits per heavy atom. The fourth-order valence-corrected chi connectivity index (χ4v) is 1.95. The lowest BCUT2D eigenvalue weighted by molar-refractivity contribution is -0.122. The number of urea groups is 1. The number of hydrogen-bond donors (Lipinski definition) is 2. The third-order valence-corrected chi connectivity index (χ3v) is 2.88. The molecule has 2 N–H and O–H groups in total. The lowest BCUT2D eigenvalue weighted by Crippen LogP contribution is -2.47. The number of rotatable bonds is 3. The maximum atomic E-state index is 11.5. The quantitative estimate of drug-likeness (QED) is 0.746. The molecule has 1 heterocycles. The van der Waals surface area contributed by atoms with E-state index in [2.05, 4.69) is 22.5 Å². The van der Waals surface area contributed by atoms with Crippen LogP contribution in [0.5, 0.6) is 0 Å². The Kier molecular flexibility index (Phi) is 5.25. The maximum Gasteiger partial charge on any atom is 0.321 e. The van der Waals surface area contributed by atoms with Gasteiger partial charge in [-0.25, -0.2) is 4.79 Å². The highest BCUT2D eigenvalue weighted by molar-refractivity contribution is 5.95. The zero-order chi connectivity index (χ0) is 12.0. The van der Waals surface area contributed by atoms with Crippen molar-refractivity contribution in [2.45, 2.75) is 39.2 Å². The topological polar surface area (TPSA) is 61.4 Å². The SMILES string of the molecule is CCNC(=O)NC(=O)CN1CCCC[C@@H]1C. The number of hydrogen-bond acceptors (Lipinski definition) is 3. The summed E-state index contributed by atoms with van der Waals surface area (Å²) in [4.78, 5) is 24.8. The largest absolute Gasteiger partial charge is 0.338 e. The van der Waals surface area contributed by atoms with E-state index in [0.29, 0.717) is 19.1 Å². The van der Waals surface area contributed by atoms with Crippen LogP contribution in [0.1, 0.15) is 33.1 Å². The highest BCUT2D eigenvalue weighted by Gasteiger charge is 2.20. The maximum absolute atomic E-state index is 11.5. The molecule has 5 nitrogen and oxygen atoms in total. The molecule has 1 fully saturated rings. The van der Waals surface area contributed by atoms with E-state index in [9.17, 15) is 9.59 Å². The van der Waals surface area contributed by atoms with Crippen LogP contribution < -0.4 is 10.6 Å². The summed E-state index contributed by atoms with van der Waals surface area (Å²) in [6.45, 7) is 5.73. The van der Waals surface area contributed by atoms with Crippen molar-refractivity contribution >= 4 is 11.9 Å². The van der Waals surface area contributed by atoms with Crippen molar-refractivity contribution in [2.24, 2.45) is 0 Å².